The van der Waals surface area contributed by atoms with Gasteiger partial charge in [0, 0.05) is 26.0 Å². The van der Waals surface area contributed by atoms with Crippen molar-refractivity contribution in [2.75, 3.05) is 33.0 Å². The van der Waals surface area contributed by atoms with Crippen LogP contribution in [0.2, 0.25) is 0 Å². The summed E-state index contributed by atoms with van der Waals surface area (Å²) in [6.45, 7) is 1.66. The van der Waals surface area contributed by atoms with E-state index in [0.29, 0.717) is 12.8 Å². The van der Waals surface area contributed by atoms with E-state index in [0.717, 1.165) is 64.2 Å². The van der Waals surface area contributed by atoms with Gasteiger partial charge >= 0.3 is 19.8 Å². The molecule has 0 amide bonds. The van der Waals surface area contributed by atoms with Crippen LogP contribution in [0.5, 0.6) is 0 Å². The molecule has 0 aromatic carbocycles. The first-order valence-electron chi connectivity index (χ1n) is 20.2. The van der Waals surface area contributed by atoms with E-state index in [1.54, 1.807) is 0 Å². The summed E-state index contributed by atoms with van der Waals surface area (Å²) < 4.78 is 32.6. The molecule has 0 bridgehead atoms. The average Bonchev–Trinajstić information content (AvgIpc) is 3.13. The van der Waals surface area contributed by atoms with Gasteiger partial charge < -0.3 is 25.2 Å². The van der Waals surface area contributed by atoms with Crippen LogP contribution < -0.4 is 5.73 Å². The Kier molecular flexibility index (Phi) is 37.1. The number of nitrogens with two attached hydrogens (primary N) is 1. The number of carbonyl (C=O) groups excluding carboxylic acids is 2. The van der Waals surface area contributed by atoms with Crippen molar-refractivity contribution in [3.8, 4) is 0 Å². The SMILES string of the molecule is CCCCCCCCCCCCCCCC(=O)OC[C@H](COP(=O)(O)OCCN)OC(=O)CCC/C=C\C/C=C\C/C=C\C/C=C\CCCCCO. The molecule has 0 aliphatic carbocycles. The quantitative estimate of drug-likeness (QED) is 0.0240. The molecule has 0 saturated carbocycles. The fourth-order valence-electron chi connectivity index (χ4n) is 5.25. The molecule has 0 fully saturated rings. The molecule has 52 heavy (non-hydrogen) atoms. The zero-order valence-electron chi connectivity index (χ0n) is 32.5. The number of hydrogen-bond acceptors (Lipinski definition) is 9. The number of esters is 2. The molecule has 0 radical (unpaired) electrons. The zero-order valence-corrected chi connectivity index (χ0v) is 33.4. The van der Waals surface area contributed by atoms with Crippen LogP contribution in [0.1, 0.15) is 161 Å². The summed E-state index contributed by atoms with van der Waals surface area (Å²) in [5.74, 6) is -0.909. The molecule has 0 rings (SSSR count). The predicted octanol–water partition coefficient (Wildman–Crippen LogP) is 10.1. The molecule has 10 nitrogen and oxygen atoms in total. The lowest BCUT2D eigenvalue weighted by atomic mass is 10.0. The van der Waals surface area contributed by atoms with Crippen LogP contribution in [-0.4, -0.2) is 61.0 Å². The summed E-state index contributed by atoms with van der Waals surface area (Å²) in [5, 5.41) is 8.78. The second-order valence-electron chi connectivity index (χ2n) is 13.2. The first-order valence-corrected chi connectivity index (χ1v) is 21.7. The Balaban J connectivity index is 4.29. The van der Waals surface area contributed by atoms with E-state index in [-0.39, 0.29) is 39.2 Å². The lowest BCUT2D eigenvalue weighted by Gasteiger charge is -2.19. The molecule has 1 unspecified atom stereocenters. The number of phosphoric ester groups is 1. The van der Waals surface area contributed by atoms with Gasteiger partial charge in [-0.15, -0.1) is 0 Å². The molecule has 0 aliphatic rings. The molecule has 0 heterocycles. The van der Waals surface area contributed by atoms with Gasteiger partial charge in [-0.2, -0.15) is 0 Å². The number of allylic oxidation sites excluding steroid dienone is 8. The highest BCUT2D eigenvalue weighted by Gasteiger charge is 2.25. The minimum absolute atomic E-state index is 0.0395. The third kappa shape index (κ3) is 37.7. The molecule has 0 aromatic rings. The lowest BCUT2D eigenvalue weighted by Crippen LogP contribution is -2.29. The second kappa shape index (κ2) is 38.6. The third-order valence-electron chi connectivity index (χ3n) is 8.27. The van der Waals surface area contributed by atoms with E-state index in [1.165, 1.54) is 64.2 Å². The number of rotatable bonds is 38. The number of aliphatic hydroxyl groups excluding tert-OH is 1. The lowest BCUT2D eigenvalue weighted by molar-refractivity contribution is -0.161. The summed E-state index contributed by atoms with van der Waals surface area (Å²) in [6, 6.07) is 0. The van der Waals surface area contributed by atoms with Gasteiger partial charge in [0.1, 0.15) is 6.61 Å². The number of aliphatic hydroxyl groups is 1. The van der Waals surface area contributed by atoms with E-state index >= 15 is 0 Å². The molecule has 2 atom stereocenters. The van der Waals surface area contributed by atoms with Gasteiger partial charge in [-0.3, -0.25) is 18.6 Å². The first-order chi connectivity index (χ1) is 25.3. The number of phosphoric acid groups is 1. The number of ether oxygens (including phenoxy) is 2. The summed E-state index contributed by atoms with van der Waals surface area (Å²) in [5.41, 5.74) is 5.33. The fraction of sp³-hybridized carbons (Fsp3) is 0.756. The van der Waals surface area contributed by atoms with Gasteiger partial charge in [-0.05, 0) is 57.8 Å². The van der Waals surface area contributed by atoms with Crippen LogP contribution in [0.3, 0.4) is 0 Å². The van der Waals surface area contributed by atoms with Crippen molar-refractivity contribution >= 4 is 19.8 Å². The fourth-order valence-corrected chi connectivity index (χ4v) is 6.02. The minimum Gasteiger partial charge on any atom is -0.462 e. The van der Waals surface area contributed by atoms with E-state index in [1.807, 2.05) is 6.08 Å². The smallest absolute Gasteiger partial charge is 0.462 e. The van der Waals surface area contributed by atoms with E-state index < -0.39 is 32.5 Å². The number of carbonyl (C=O) groups is 2. The summed E-state index contributed by atoms with van der Waals surface area (Å²) in [7, 11) is -4.39. The van der Waals surface area contributed by atoms with Gasteiger partial charge in [-0.1, -0.05) is 139 Å². The first kappa shape index (κ1) is 49.9. The molecule has 0 saturated heterocycles. The Hall–Kier alpha value is -2.07. The molecular weight excluding hydrogens is 681 g/mol. The van der Waals surface area contributed by atoms with E-state index in [9.17, 15) is 19.0 Å². The Morgan fingerprint density at radius 1 is 0.615 bits per heavy atom. The van der Waals surface area contributed by atoms with Crippen molar-refractivity contribution in [1.29, 1.82) is 0 Å². The summed E-state index contributed by atoms with van der Waals surface area (Å²) in [6.07, 6.45) is 40.2. The normalized spacial score (nSPS) is 13.8. The molecular formula is C41H74NO9P. The van der Waals surface area contributed by atoms with Crippen LogP contribution in [0.4, 0.5) is 0 Å². The highest BCUT2D eigenvalue weighted by atomic mass is 31.2. The van der Waals surface area contributed by atoms with Gasteiger partial charge in [0.05, 0.1) is 13.2 Å². The Labute approximate surface area is 316 Å². The standard InChI is InChI=1S/C41H74NO9P/c1-2-3-4-5-6-7-8-14-17-20-23-26-29-32-40(44)48-37-39(38-50-52(46,47)49-36-34-42)51-41(45)33-30-27-24-21-18-15-12-10-9-11-13-16-19-22-25-28-31-35-43/h9,11-12,15-16,19,21,24,39,43H,2-8,10,13-14,17-18,20,22-23,25-38,42H2,1H3,(H,46,47)/b11-9-,15-12-,19-16-,24-21-/t39-/m1/s1. The summed E-state index contributed by atoms with van der Waals surface area (Å²) >= 11 is 0. The topological polar surface area (TPSA) is 155 Å². The van der Waals surface area contributed by atoms with Gasteiger partial charge in [0.2, 0.25) is 0 Å². The van der Waals surface area contributed by atoms with E-state index in [4.69, 9.17) is 29.4 Å². The minimum atomic E-state index is -4.39. The monoisotopic (exact) mass is 756 g/mol. The van der Waals surface area contributed by atoms with Crippen LogP contribution in [0, 0.1) is 0 Å². The largest absolute Gasteiger partial charge is 0.472 e. The maximum atomic E-state index is 12.5. The Morgan fingerprint density at radius 3 is 1.63 bits per heavy atom. The number of unbranched alkanes of at least 4 members (excludes halogenated alkanes) is 16. The van der Waals surface area contributed by atoms with Crippen LogP contribution in [-0.2, 0) is 32.7 Å². The second-order valence-corrected chi connectivity index (χ2v) is 14.7. The highest BCUT2D eigenvalue weighted by Crippen LogP contribution is 2.43. The molecule has 11 heteroatoms. The molecule has 0 aromatic heterocycles. The third-order valence-corrected chi connectivity index (χ3v) is 9.26. The zero-order chi connectivity index (χ0) is 38.2. The summed E-state index contributed by atoms with van der Waals surface area (Å²) in [4.78, 5) is 34.7. The number of hydrogen-bond donors (Lipinski definition) is 3. The van der Waals surface area contributed by atoms with Gasteiger partial charge in [0.25, 0.3) is 0 Å². The van der Waals surface area contributed by atoms with Crippen molar-refractivity contribution in [2.24, 2.45) is 5.73 Å². The van der Waals surface area contributed by atoms with E-state index in [2.05, 4.69) is 49.5 Å². The Morgan fingerprint density at radius 2 is 1.10 bits per heavy atom. The Bertz CT molecular complexity index is 999. The van der Waals surface area contributed by atoms with Crippen LogP contribution in [0.15, 0.2) is 48.6 Å². The maximum absolute atomic E-state index is 12.5. The van der Waals surface area contributed by atoms with Crippen molar-refractivity contribution in [1.82, 2.24) is 0 Å². The van der Waals surface area contributed by atoms with Crippen molar-refractivity contribution in [3.63, 3.8) is 0 Å². The predicted molar refractivity (Wildman–Crippen MR) is 212 cm³/mol. The molecule has 0 aliphatic heterocycles. The van der Waals surface area contributed by atoms with Crippen molar-refractivity contribution < 1.29 is 42.7 Å². The molecule has 4 N–H and O–H groups in total. The van der Waals surface area contributed by atoms with Gasteiger partial charge in [-0.25, -0.2) is 4.57 Å². The van der Waals surface area contributed by atoms with Crippen molar-refractivity contribution in [2.45, 2.75) is 167 Å². The van der Waals surface area contributed by atoms with Crippen LogP contribution in [0.25, 0.3) is 0 Å². The average molecular weight is 756 g/mol. The maximum Gasteiger partial charge on any atom is 0.472 e. The van der Waals surface area contributed by atoms with Gasteiger partial charge in [0.15, 0.2) is 6.10 Å². The molecule has 0 spiro atoms. The molecule has 302 valence electrons. The van der Waals surface area contributed by atoms with Crippen molar-refractivity contribution in [3.05, 3.63) is 48.6 Å². The van der Waals surface area contributed by atoms with Crippen LogP contribution >= 0.6 is 7.82 Å². The highest BCUT2D eigenvalue weighted by molar-refractivity contribution is 7.47.